The summed E-state index contributed by atoms with van der Waals surface area (Å²) in [4.78, 5) is 25.1. The maximum absolute atomic E-state index is 15.5. The van der Waals surface area contributed by atoms with Gasteiger partial charge in [0, 0.05) is 23.9 Å². The Morgan fingerprint density at radius 1 is 1.13 bits per heavy atom. The highest BCUT2D eigenvalue weighted by atomic mass is 32.2. The van der Waals surface area contributed by atoms with Gasteiger partial charge in [-0.25, -0.2) is 9.18 Å². The van der Waals surface area contributed by atoms with Gasteiger partial charge < -0.3 is 15.7 Å². The fourth-order valence-corrected chi connectivity index (χ4v) is 6.56. The predicted molar refractivity (Wildman–Crippen MR) is 163 cm³/mol. The summed E-state index contributed by atoms with van der Waals surface area (Å²) in [5.41, 5.74) is 3.08. The fraction of sp³-hybridized carbons (Fsp3) is 0.548. The first-order valence-electron chi connectivity index (χ1n) is 14.1. The number of aliphatic carboxylic acids is 1. The van der Waals surface area contributed by atoms with Crippen LogP contribution >= 0.6 is 23.5 Å². The molecule has 0 saturated heterocycles. The zero-order valence-electron chi connectivity index (χ0n) is 23.4. The molecule has 0 aromatic heterocycles. The number of carbonyl (C=O) groups excluding carboxylic acids is 1. The number of carboxylic acids is 1. The van der Waals surface area contributed by atoms with Crippen molar-refractivity contribution in [2.45, 2.75) is 77.4 Å². The smallest absolute Gasteiger partial charge is 0.326 e. The Morgan fingerprint density at radius 3 is 2.54 bits per heavy atom. The molecular weight excluding hydrogens is 531 g/mol. The molecule has 8 heteroatoms. The maximum atomic E-state index is 15.5. The maximum Gasteiger partial charge on any atom is 0.326 e. The second-order valence-corrected chi connectivity index (χ2v) is 12.7. The first kappa shape index (κ1) is 31.5. The molecule has 1 aliphatic carbocycles. The number of benzene rings is 2. The van der Waals surface area contributed by atoms with Crippen molar-refractivity contribution in [3.63, 3.8) is 0 Å². The van der Waals surface area contributed by atoms with Crippen molar-refractivity contribution in [1.29, 1.82) is 0 Å². The fourth-order valence-electron chi connectivity index (χ4n) is 5.32. The van der Waals surface area contributed by atoms with Crippen LogP contribution in [-0.4, -0.2) is 52.6 Å². The Morgan fingerprint density at radius 2 is 1.87 bits per heavy atom. The Kier molecular flexibility index (Phi) is 13.2. The van der Waals surface area contributed by atoms with Gasteiger partial charge >= 0.3 is 5.97 Å². The number of hydrogen-bond donors (Lipinski definition) is 3. The van der Waals surface area contributed by atoms with Gasteiger partial charge in [0.05, 0.1) is 5.56 Å². The highest BCUT2D eigenvalue weighted by molar-refractivity contribution is 7.99. The molecule has 1 saturated carbocycles. The molecule has 5 nitrogen and oxygen atoms in total. The summed E-state index contributed by atoms with van der Waals surface area (Å²) < 4.78 is 15.5. The van der Waals surface area contributed by atoms with Gasteiger partial charge in [-0.1, -0.05) is 63.3 Å². The van der Waals surface area contributed by atoms with Gasteiger partial charge in [-0.3, -0.25) is 4.79 Å². The minimum atomic E-state index is -1.09. The van der Waals surface area contributed by atoms with Gasteiger partial charge in [0.25, 0.3) is 5.91 Å². The molecule has 0 bridgehead atoms. The molecule has 0 spiro atoms. The molecule has 2 atom stereocenters. The monoisotopic (exact) mass is 574 g/mol. The normalized spacial score (nSPS) is 15.6. The third-order valence-electron chi connectivity index (χ3n) is 7.53. The van der Waals surface area contributed by atoms with E-state index in [4.69, 9.17) is 0 Å². The Labute approximate surface area is 241 Å². The lowest BCUT2D eigenvalue weighted by molar-refractivity contribution is -0.139. The van der Waals surface area contributed by atoms with E-state index in [2.05, 4.69) is 17.6 Å². The van der Waals surface area contributed by atoms with Crippen LogP contribution in [0.15, 0.2) is 36.4 Å². The molecule has 1 fully saturated rings. The van der Waals surface area contributed by atoms with E-state index in [1.807, 2.05) is 49.2 Å². The van der Waals surface area contributed by atoms with E-state index in [-0.39, 0.29) is 5.56 Å². The molecule has 214 valence electrons. The van der Waals surface area contributed by atoms with Crippen molar-refractivity contribution in [1.82, 2.24) is 10.6 Å². The molecule has 0 radical (unpaired) electrons. The van der Waals surface area contributed by atoms with Gasteiger partial charge in [-0.05, 0) is 72.3 Å². The zero-order valence-corrected chi connectivity index (χ0v) is 25.1. The minimum Gasteiger partial charge on any atom is -0.480 e. The molecule has 1 aliphatic rings. The Bertz CT molecular complexity index is 1090. The first-order valence-corrected chi connectivity index (χ1v) is 16.6. The molecule has 0 aliphatic heterocycles. The van der Waals surface area contributed by atoms with E-state index in [1.54, 1.807) is 6.07 Å². The van der Waals surface area contributed by atoms with E-state index < -0.39 is 23.7 Å². The van der Waals surface area contributed by atoms with Gasteiger partial charge in [0.1, 0.15) is 11.9 Å². The second kappa shape index (κ2) is 16.3. The molecule has 3 rings (SSSR count). The lowest BCUT2D eigenvalue weighted by Gasteiger charge is -2.27. The lowest BCUT2D eigenvalue weighted by Crippen LogP contribution is -2.41. The van der Waals surface area contributed by atoms with E-state index in [0.717, 1.165) is 35.0 Å². The minimum absolute atomic E-state index is 0.154. The largest absolute Gasteiger partial charge is 0.480 e. The number of carboxylic acid groups (broad SMARTS) is 1. The summed E-state index contributed by atoms with van der Waals surface area (Å²) in [7, 11) is 0. The van der Waals surface area contributed by atoms with Gasteiger partial charge in [-0.15, -0.1) is 0 Å². The van der Waals surface area contributed by atoms with Crippen molar-refractivity contribution in [3.8, 4) is 11.1 Å². The number of halogens is 1. The highest BCUT2D eigenvalue weighted by Crippen LogP contribution is 2.31. The van der Waals surface area contributed by atoms with Crippen LogP contribution < -0.4 is 10.6 Å². The summed E-state index contributed by atoms with van der Waals surface area (Å²) >= 11 is 3.42. The number of nitrogens with one attached hydrogen (secondary N) is 2. The van der Waals surface area contributed by atoms with Crippen LogP contribution in [0.1, 0.15) is 73.4 Å². The standard InChI is InChI=1S/C31H43FN2O3S2/c1-4-39-20-24(16-22-11-6-5-7-12-22)33-19-23-17-26(25-13-9-8-10-21(25)2)27(18-28(23)32)30(35)34-29(31(36)37)14-15-38-3/h8-10,13,17-18,22,24,29,33H,4-7,11-12,14-16,19-20H2,1-3H3,(H,34,35)(H,36,37)/t24-,29?/m0/s1. The number of amides is 1. The lowest BCUT2D eigenvalue weighted by atomic mass is 9.85. The molecule has 0 heterocycles. The van der Waals surface area contributed by atoms with Crippen LogP contribution in [0.5, 0.6) is 0 Å². The number of rotatable bonds is 15. The predicted octanol–water partition coefficient (Wildman–Crippen LogP) is 6.92. The third-order valence-corrected chi connectivity index (χ3v) is 9.22. The Balaban J connectivity index is 1.88. The van der Waals surface area contributed by atoms with Crippen molar-refractivity contribution in [2.24, 2.45) is 5.92 Å². The molecule has 2 aromatic carbocycles. The van der Waals surface area contributed by atoms with Crippen molar-refractivity contribution < 1.29 is 19.1 Å². The number of carbonyl (C=O) groups is 2. The quantitative estimate of drug-likeness (QED) is 0.214. The molecule has 39 heavy (non-hydrogen) atoms. The number of thioether (sulfide) groups is 2. The van der Waals surface area contributed by atoms with Gasteiger partial charge in [0.2, 0.25) is 0 Å². The van der Waals surface area contributed by atoms with E-state index >= 15 is 4.39 Å². The summed E-state index contributed by atoms with van der Waals surface area (Å²) in [6.45, 7) is 4.50. The average Bonchev–Trinajstić information content (AvgIpc) is 2.93. The SMILES string of the molecule is CCSC[C@H](CC1CCCCC1)NCc1cc(-c2ccccc2C)c(C(=O)NC(CCSC)C(=O)O)cc1F. The van der Waals surface area contributed by atoms with Gasteiger partial charge in [0.15, 0.2) is 0 Å². The van der Waals surface area contributed by atoms with E-state index in [9.17, 15) is 14.7 Å². The van der Waals surface area contributed by atoms with Crippen LogP contribution in [0.2, 0.25) is 0 Å². The third kappa shape index (κ3) is 9.54. The second-order valence-electron chi connectivity index (χ2n) is 10.4. The first-order chi connectivity index (χ1) is 18.8. The molecule has 3 N–H and O–H groups in total. The van der Waals surface area contributed by atoms with Crippen LogP contribution in [0.25, 0.3) is 11.1 Å². The topological polar surface area (TPSA) is 78.4 Å². The van der Waals surface area contributed by atoms with Gasteiger partial charge in [-0.2, -0.15) is 23.5 Å². The molecule has 2 aromatic rings. The van der Waals surface area contributed by atoms with Crippen LogP contribution in [0, 0.1) is 18.7 Å². The molecular formula is C31H43FN2O3S2. The summed E-state index contributed by atoms with van der Waals surface area (Å²) in [5, 5.41) is 15.9. The van der Waals surface area contributed by atoms with Crippen LogP contribution in [0.3, 0.4) is 0 Å². The summed E-state index contributed by atoms with van der Waals surface area (Å²) in [6, 6.07) is 10.0. The zero-order chi connectivity index (χ0) is 28.2. The number of aryl methyl sites for hydroxylation is 1. The van der Waals surface area contributed by atoms with Crippen molar-refractivity contribution in [3.05, 3.63) is 58.9 Å². The molecule has 1 amide bonds. The highest BCUT2D eigenvalue weighted by Gasteiger charge is 2.25. The molecule has 1 unspecified atom stereocenters. The average molecular weight is 575 g/mol. The van der Waals surface area contributed by atoms with Crippen molar-refractivity contribution in [2.75, 3.05) is 23.5 Å². The van der Waals surface area contributed by atoms with E-state index in [1.165, 1.54) is 49.9 Å². The van der Waals surface area contributed by atoms with Crippen molar-refractivity contribution >= 4 is 35.4 Å². The van der Waals surface area contributed by atoms with E-state index in [0.29, 0.717) is 35.9 Å². The van der Waals surface area contributed by atoms with Crippen LogP contribution in [-0.2, 0) is 11.3 Å². The Hall–Kier alpha value is -2.03. The van der Waals surface area contributed by atoms with Crippen LogP contribution in [0.4, 0.5) is 4.39 Å². The summed E-state index contributed by atoms with van der Waals surface area (Å²) in [5.74, 6) is 1.24. The number of hydrogen-bond acceptors (Lipinski definition) is 5. The summed E-state index contributed by atoms with van der Waals surface area (Å²) in [6.07, 6.45) is 9.77.